The van der Waals surface area contributed by atoms with Crippen LogP contribution < -0.4 is 10.6 Å². The van der Waals surface area contributed by atoms with E-state index in [0.717, 1.165) is 31.6 Å². The SMILES string of the molecule is C[C@@H]1CN(Cc2ccc(-c3cccnc3C(=O)N3CCC(Nc4cccc(F)c4)CC3)cc2F)C[C@H](C)N1. The van der Waals surface area contributed by atoms with Crippen molar-refractivity contribution in [3.05, 3.63) is 83.7 Å². The quantitative estimate of drug-likeness (QED) is 0.484. The summed E-state index contributed by atoms with van der Waals surface area (Å²) in [7, 11) is 0. The van der Waals surface area contributed by atoms with E-state index < -0.39 is 0 Å². The average molecular weight is 520 g/mol. The molecular formula is C30H35F2N5O. The molecule has 6 nitrogen and oxygen atoms in total. The Labute approximate surface area is 223 Å². The minimum atomic E-state index is -0.275. The van der Waals surface area contributed by atoms with E-state index in [1.54, 1.807) is 23.2 Å². The highest BCUT2D eigenvalue weighted by Gasteiger charge is 2.27. The molecule has 38 heavy (non-hydrogen) atoms. The summed E-state index contributed by atoms with van der Waals surface area (Å²) in [4.78, 5) is 21.9. The number of aromatic nitrogens is 1. The van der Waals surface area contributed by atoms with Crippen molar-refractivity contribution in [2.45, 2.75) is 51.4 Å². The Bertz CT molecular complexity index is 1270. The third kappa shape index (κ3) is 6.19. The van der Waals surface area contributed by atoms with Gasteiger partial charge in [0.2, 0.25) is 0 Å². The lowest BCUT2D eigenvalue weighted by Gasteiger charge is -2.36. The monoisotopic (exact) mass is 519 g/mol. The van der Waals surface area contributed by atoms with Crippen molar-refractivity contribution in [1.82, 2.24) is 20.1 Å². The molecule has 2 aliphatic rings. The van der Waals surface area contributed by atoms with Crippen LogP contribution in [0, 0.1) is 11.6 Å². The zero-order valence-electron chi connectivity index (χ0n) is 22.0. The predicted octanol–water partition coefficient (Wildman–Crippen LogP) is 4.93. The second-order valence-corrected chi connectivity index (χ2v) is 10.6. The van der Waals surface area contributed by atoms with Gasteiger partial charge in [0.1, 0.15) is 17.3 Å². The number of rotatable bonds is 6. The van der Waals surface area contributed by atoms with E-state index in [4.69, 9.17) is 0 Å². The Kier molecular flexibility index (Phi) is 8.00. The summed E-state index contributed by atoms with van der Waals surface area (Å²) in [5.41, 5.74) is 3.01. The number of anilines is 1. The highest BCUT2D eigenvalue weighted by atomic mass is 19.1. The molecule has 0 bridgehead atoms. The number of hydrogen-bond acceptors (Lipinski definition) is 5. The van der Waals surface area contributed by atoms with Crippen LogP contribution in [0.15, 0.2) is 60.8 Å². The summed E-state index contributed by atoms with van der Waals surface area (Å²) in [6, 6.07) is 16.2. The Morgan fingerprint density at radius 1 is 1.03 bits per heavy atom. The first-order valence-electron chi connectivity index (χ1n) is 13.4. The van der Waals surface area contributed by atoms with Crippen LogP contribution in [0.25, 0.3) is 11.1 Å². The highest BCUT2D eigenvalue weighted by Crippen LogP contribution is 2.27. The van der Waals surface area contributed by atoms with Gasteiger partial charge < -0.3 is 15.5 Å². The van der Waals surface area contributed by atoms with Gasteiger partial charge in [0, 0.05) is 73.9 Å². The molecule has 5 rings (SSSR count). The number of benzene rings is 2. The number of amides is 1. The number of likely N-dealkylation sites (tertiary alicyclic amines) is 1. The molecule has 1 amide bonds. The Balaban J connectivity index is 1.26. The van der Waals surface area contributed by atoms with Crippen LogP contribution in [0.4, 0.5) is 14.5 Å². The van der Waals surface area contributed by atoms with Gasteiger partial charge >= 0.3 is 0 Å². The topological polar surface area (TPSA) is 60.5 Å². The van der Waals surface area contributed by atoms with E-state index in [-0.39, 0.29) is 23.6 Å². The first-order valence-corrected chi connectivity index (χ1v) is 13.4. The summed E-state index contributed by atoms with van der Waals surface area (Å²) < 4.78 is 28.7. The van der Waals surface area contributed by atoms with Gasteiger partial charge in [0.15, 0.2) is 0 Å². The van der Waals surface area contributed by atoms with E-state index in [9.17, 15) is 9.18 Å². The van der Waals surface area contributed by atoms with Crippen molar-refractivity contribution in [1.29, 1.82) is 0 Å². The van der Waals surface area contributed by atoms with E-state index in [1.165, 1.54) is 18.2 Å². The van der Waals surface area contributed by atoms with Gasteiger partial charge in [-0.15, -0.1) is 0 Å². The van der Waals surface area contributed by atoms with Gasteiger partial charge in [-0.05, 0) is 62.6 Å². The van der Waals surface area contributed by atoms with Crippen LogP contribution >= 0.6 is 0 Å². The molecule has 0 saturated carbocycles. The van der Waals surface area contributed by atoms with Crippen LogP contribution in [0.5, 0.6) is 0 Å². The molecule has 0 spiro atoms. The van der Waals surface area contributed by atoms with Gasteiger partial charge in [-0.2, -0.15) is 0 Å². The van der Waals surface area contributed by atoms with Crippen LogP contribution in [-0.4, -0.2) is 65.0 Å². The van der Waals surface area contributed by atoms with E-state index in [2.05, 4.69) is 34.4 Å². The minimum Gasteiger partial charge on any atom is -0.382 e. The molecule has 200 valence electrons. The molecule has 2 fully saturated rings. The number of piperazine rings is 1. The largest absolute Gasteiger partial charge is 0.382 e. The molecule has 8 heteroatoms. The number of carbonyl (C=O) groups is 1. The normalized spacial score (nSPS) is 20.9. The van der Waals surface area contributed by atoms with Gasteiger partial charge in [-0.1, -0.05) is 24.3 Å². The molecule has 2 saturated heterocycles. The van der Waals surface area contributed by atoms with E-state index in [1.807, 2.05) is 24.3 Å². The van der Waals surface area contributed by atoms with Gasteiger partial charge in [-0.3, -0.25) is 14.7 Å². The van der Waals surface area contributed by atoms with Gasteiger partial charge in [-0.25, -0.2) is 8.78 Å². The van der Waals surface area contributed by atoms with Crippen LogP contribution in [-0.2, 0) is 6.54 Å². The number of carbonyl (C=O) groups excluding carboxylic acids is 1. The molecule has 3 aromatic rings. The summed E-state index contributed by atoms with van der Waals surface area (Å²) in [5, 5.41) is 6.87. The molecule has 0 radical (unpaired) electrons. The summed E-state index contributed by atoms with van der Waals surface area (Å²) >= 11 is 0. The van der Waals surface area contributed by atoms with Crippen LogP contribution in [0.1, 0.15) is 42.7 Å². The van der Waals surface area contributed by atoms with Crippen molar-refractivity contribution in [2.24, 2.45) is 0 Å². The summed E-state index contributed by atoms with van der Waals surface area (Å²) in [6.07, 6.45) is 3.10. The molecule has 2 aromatic carbocycles. The molecule has 1 aromatic heterocycles. The Morgan fingerprint density at radius 2 is 1.79 bits per heavy atom. The number of hydrogen-bond donors (Lipinski definition) is 2. The minimum absolute atomic E-state index is 0.155. The van der Waals surface area contributed by atoms with Crippen molar-refractivity contribution in [3.8, 4) is 11.1 Å². The maximum Gasteiger partial charge on any atom is 0.273 e. The van der Waals surface area contributed by atoms with Crippen molar-refractivity contribution in [2.75, 3.05) is 31.5 Å². The number of nitrogens with zero attached hydrogens (tertiary/aromatic N) is 3. The number of halogens is 2. The maximum absolute atomic E-state index is 15.2. The average Bonchev–Trinajstić information content (AvgIpc) is 2.89. The summed E-state index contributed by atoms with van der Waals surface area (Å²) in [5.74, 6) is -0.700. The third-order valence-corrected chi connectivity index (χ3v) is 7.38. The van der Waals surface area contributed by atoms with E-state index >= 15 is 4.39 Å². The van der Waals surface area contributed by atoms with Gasteiger partial charge in [0.25, 0.3) is 5.91 Å². The summed E-state index contributed by atoms with van der Waals surface area (Å²) in [6.45, 7) is 7.73. The fourth-order valence-corrected chi connectivity index (χ4v) is 5.65. The molecule has 2 atom stereocenters. The standard InChI is InChI=1S/C30H35F2N5O/c1-20-17-36(18-21(2)34-20)19-23-9-8-22(15-28(23)32)27-7-4-12-33-29(27)30(38)37-13-10-25(11-14-37)35-26-6-3-5-24(31)16-26/h3-9,12,15-16,20-21,25,34-35H,10-11,13-14,17-19H2,1-2H3/t20-,21+. The smallest absolute Gasteiger partial charge is 0.273 e. The molecule has 3 heterocycles. The molecule has 0 aliphatic carbocycles. The lowest BCUT2D eigenvalue weighted by atomic mass is 9.99. The first kappa shape index (κ1) is 26.3. The highest BCUT2D eigenvalue weighted by molar-refractivity contribution is 5.99. The Morgan fingerprint density at radius 3 is 2.50 bits per heavy atom. The Hall–Kier alpha value is -3.36. The lowest BCUT2D eigenvalue weighted by molar-refractivity contribution is 0.0713. The maximum atomic E-state index is 15.2. The molecule has 2 aliphatic heterocycles. The van der Waals surface area contributed by atoms with Gasteiger partial charge in [0.05, 0.1) is 0 Å². The first-order chi connectivity index (χ1) is 18.4. The molecular weight excluding hydrogens is 484 g/mol. The zero-order valence-corrected chi connectivity index (χ0v) is 22.0. The van der Waals surface area contributed by atoms with Crippen LogP contribution in [0.3, 0.4) is 0 Å². The molecule has 0 unspecified atom stereocenters. The zero-order chi connectivity index (χ0) is 26.6. The van der Waals surface area contributed by atoms with Crippen molar-refractivity contribution < 1.29 is 13.6 Å². The fourth-order valence-electron chi connectivity index (χ4n) is 5.65. The molecule has 2 N–H and O–H groups in total. The second-order valence-electron chi connectivity index (χ2n) is 10.6. The van der Waals surface area contributed by atoms with Crippen molar-refractivity contribution in [3.63, 3.8) is 0 Å². The van der Waals surface area contributed by atoms with E-state index in [0.29, 0.717) is 54.1 Å². The fraction of sp³-hybridized carbons (Fsp3) is 0.400. The van der Waals surface area contributed by atoms with Crippen molar-refractivity contribution >= 4 is 11.6 Å². The number of piperidine rings is 1. The van der Waals surface area contributed by atoms with Crippen LogP contribution in [0.2, 0.25) is 0 Å². The second kappa shape index (κ2) is 11.6. The lowest BCUT2D eigenvalue weighted by Crippen LogP contribution is -2.53. The number of nitrogens with one attached hydrogen (secondary N) is 2. The predicted molar refractivity (Wildman–Crippen MR) is 146 cm³/mol. The third-order valence-electron chi connectivity index (χ3n) is 7.38. The number of pyridine rings is 1.